The van der Waals surface area contributed by atoms with Gasteiger partial charge < -0.3 is 0 Å². The van der Waals surface area contributed by atoms with Crippen molar-refractivity contribution in [3.8, 4) is 0 Å². The summed E-state index contributed by atoms with van der Waals surface area (Å²) in [7, 11) is 0. The van der Waals surface area contributed by atoms with Crippen molar-refractivity contribution >= 4 is 0 Å². The van der Waals surface area contributed by atoms with E-state index in [1.807, 2.05) is 41.5 Å². The molecule has 0 aromatic heterocycles. The van der Waals surface area contributed by atoms with Crippen molar-refractivity contribution in [3.63, 3.8) is 0 Å². The Bertz CT molecular complexity index is 1070. The van der Waals surface area contributed by atoms with Crippen molar-refractivity contribution < 1.29 is 0 Å². The molecule has 2 aliphatic rings. The van der Waals surface area contributed by atoms with Gasteiger partial charge in [-0.2, -0.15) is 0 Å². The molecule has 0 saturated heterocycles. The Hall–Kier alpha value is -2.34. The first-order valence-electron chi connectivity index (χ1n) is 17.3. The predicted molar refractivity (Wildman–Crippen MR) is 185 cm³/mol. The predicted octanol–water partition coefficient (Wildman–Crippen LogP) is 13.3. The molecular weight excluding hydrogens is 492 g/mol. The van der Waals surface area contributed by atoms with Gasteiger partial charge in [0.15, 0.2) is 0 Å². The van der Waals surface area contributed by atoms with Crippen LogP contribution in [0.1, 0.15) is 174 Å². The van der Waals surface area contributed by atoms with E-state index in [0.29, 0.717) is 5.92 Å². The van der Waals surface area contributed by atoms with E-state index >= 15 is 0 Å². The van der Waals surface area contributed by atoms with Crippen LogP contribution in [0.4, 0.5) is 0 Å². The standard InChI is InChI=1S/C35H44.3C2H6/c1-24-20-26(3)33(22-31(24)28-14-8-5-9-15-28)35(30-18-12-7-13-19-30)34-23-32(25(2)21-27(34)4)29-16-10-6-11-17-29;3*1-2/h7,12-13,18-23,28-29,35H,5-6,8-11,14-17H2,1-4H3;3*1-2H3. The van der Waals surface area contributed by atoms with E-state index in [2.05, 4.69) is 82.3 Å². The molecule has 0 aliphatic heterocycles. The van der Waals surface area contributed by atoms with Crippen LogP contribution in [0, 0.1) is 27.7 Å². The fourth-order valence-corrected chi connectivity index (χ4v) is 7.27. The van der Waals surface area contributed by atoms with Crippen LogP contribution in [0.3, 0.4) is 0 Å². The maximum absolute atomic E-state index is 2.62. The maximum Gasteiger partial charge on any atom is 0.0345 e. The third-order valence-corrected chi connectivity index (χ3v) is 9.15. The van der Waals surface area contributed by atoms with Crippen molar-refractivity contribution in [2.45, 2.75) is 151 Å². The number of rotatable bonds is 5. The van der Waals surface area contributed by atoms with E-state index in [9.17, 15) is 0 Å². The van der Waals surface area contributed by atoms with Crippen LogP contribution in [0.2, 0.25) is 0 Å². The van der Waals surface area contributed by atoms with Gasteiger partial charge in [-0.05, 0) is 115 Å². The van der Waals surface area contributed by atoms with Crippen LogP contribution in [0.5, 0.6) is 0 Å². The average Bonchev–Trinajstić information content (AvgIpc) is 3.03. The van der Waals surface area contributed by atoms with E-state index in [0.717, 1.165) is 11.8 Å². The topological polar surface area (TPSA) is 0 Å². The first kappa shape index (κ1) is 34.9. The Morgan fingerprint density at radius 3 is 1.20 bits per heavy atom. The van der Waals surface area contributed by atoms with Gasteiger partial charge in [-0.1, -0.05) is 135 Å². The molecule has 226 valence electrons. The zero-order valence-corrected chi connectivity index (χ0v) is 28.5. The average molecular weight is 555 g/mol. The van der Waals surface area contributed by atoms with Crippen LogP contribution >= 0.6 is 0 Å². The Morgan fingerprint density at radius 2 is 0.829 bits per heavy atom. The van der Waals surface area contributed by atoms with Crippen molar-refractivity contribution in [2.75, 3.05) is 0 Å². The fourth-order valence-electron chi connectivity index (χ4n) is 7.27. The van der Waals surface area contributed by atoms with Crippen LogP contribution in [-0.4, -0.2) is 0 Å². The summed E-state index contributed by atoms with van der Waals surface area (Å²) in [5.41, 5.74) is 13.6. The Kier molecular flexibility index (Phi) is 15.5. The number of benzene rings is 3. The first-order valence-corrected chi connectivity index (χ1v) is 17.3. The minimum atomic E-state index is 0.294. The van der Waals surface area contributed by atoms with Gasteiger partial charge >= 0.3 is 0 Å². The SMILES string of the molecule is CC.CC.CC.Cc1cc(C)c(C(c2ccccc2)c2cc(C3CCCCC3)c(C)cc2C)cc1C1CCCCC1. The molecule has 3 aromatic carbocycles. The number of aryl methyl sites for hydroxylation is 4. The van der Waals surface area contributed by atoms with Crippen molar-refractivity contribution in [3.05, 3.63) is 105 Å². The summed E-state index contributed by atoms with van der Waals surface area (Å²) < 4.78 is 0. The molecule has 0 radical (unpaired) electrons. The van der Waals surface area contributed by atoms with Gasteiger partial charge in [0.1, 0.15) is 0 Å². The normalized spacial score (nSPS) is 15.6. The van der Waals surface area contributed by atoms with Crippen LogP contribution in [0.15, 0.2) is 54.6 Å². The Labute approximate surface area is 255 Å². The molecule has 0 heteroatoms. The summed E-state index contributed by atoms with van der Waals surface area (Å²) in [4.78, 5) is 0. The lowest BCUT2D eigenvalue weighted by atomic mass is 9.74. The molecule has 3 aromatic rings. The molecule has 2 saturated carbocycles. The molecule has 0 amide bonds. The lowest BCUT2D eigenvalue weighted by molar-refractivity contribution is 0.442. The van der Waals surface area contributed by atoms with Crippen LogP contribution in [-0.2, 0) is 0 Å². The third-order valence-electron chi connectivity index (χ3n) is 9.15. The second-order valence-corrected chi connectivity index (χ2v) is 11.6. The Morgan fingerprint density at radius 1 is 0.463 bits per heavy atom. The molecule has 41 heavy (non-hydrogen) atoms. The van der Waals surface area contributed by atoms with Gasteiger partial charge in [-0.15, -0.1) is 0 Å². The largest absolute Gasteiger partial charge is 0.0683 e. The van der Waals surface area contributed by atoms with Crippen LogP contribution in [0.25, 0.3) is 0 Å². The summed E-state index contributed by atoms with van der Waals surface area (Å²) in [5.74, 6) is 1.76. The minimum Gasteiger partial charge on any atom is -0.0683 e. The summed E-state index contributed by atoms with van der Waals surface area (Å²) >= 11 is 0. The van der Waals surface area contributed by atoms with Gasteiger partial charge in [0.2, 0.25) is 0 Å². The van der Waals surface area contributed by atoms with Gasteiger partial charge in [0.05, 0.1) is 0 Å². The van der Waals surface area contributed by atoms with Crippen molar-refractivity contribution in [2.24, 2.45) is 0 Å². The molecule has 2 aliphatic carbocycles. The molecule has 2 fully saturated rings. The molecular formula is C41H62. The second-order valence-electron chi connectivity index (χ2n) is 11.6. The Balaban J connectivity index is 0.000000921. The molecule has 0 heterocycles. The summed E-state index contributed by atoms with van der Waals surface area (Å²) in [6, 6.07) is 21.5. The molecule has 5 rings (SSSR count). The molecule has 0 atom stereocenters. The van der Waals surface area contributed by atoms with Crippen molar-refractivity contribution in [1.82, 2.24) is 0 Å². The van der Waals surface area contributed by atoms with E-state index in [-0.39, 0.29) is 0 Å². The lowest BCUT2D eigenvalue weighted by Gasteiger charge is -2.30. The molecule has 0 unspecified atom stereocenters. The van der Waals surface area contributed by atoms with Gasteiger partial charge in [0.25, 0.3) is 0 Å². The van der Waals surface area contributed by atoms with Crippen LogP contribution < -0.4 is 0 Å². The number of hydrogen-bond donors (Lipinski definition) is 0. The van der Waals surface area contributed by atoms with E-state index in [1.54, 1.807) is 11.1 Å². The maximum atomic E-state index is 2.62. The van der Waals surface area contributed by atoms with Gasteiger partial charge in [-0.3, -0.25) is 0 Å². The summed E-state index contributed by atoms with van der Waals surface area (Å²) in [6.45, 7) is 21.4. The minimum absolute atomic E-state index is 0.294. The summed E-state index contributed by atoms with van der Waals surface area (Å²) in [6.07, 6.45) is 13.8. The molecule has 0 nitrogen and oxygen atoms in total. The molecule has 0 N–H and O–H groups in total. The van der Waals surface area contributed by atoms with E-state index in [1.165, 1.54) is 103 Å². The monoisotopic (exact) mass is 554 g/mol. The summed E-state index contributed by atoms with van der Waals surface area (Å²) in [5, 5.41) is 0. The van der Waals surface area contributed by atoms with Crippen molar-refractivity contribution in [1.29, 1.82) is 0 Å². The highest BCUT2D eigenvalue weighted by Crippen LogP contribution is 2.43. The van der Waals surface area contributed by atoms with Gasteiger partial charge in [0, 0.05) is 5.92 Å². The zero-order chi connectivity index (χ0) is 30.4. The highest BCUT2D eigenvalue weighted by Gasteiger charge is 2.26. The fraction of sp³-hybridized carbons (Fsp3) is 0.561. The highest BCUT2D eigenvalue weighted by molar-refractivity contribution is 5.53. The lowest BCUT2D eigenvalue weighted by Crippen LogP contribution is -2.13. The zero-order valence-electron chi connectivity index (χ0n) is 28.5. The third kappa shape index (κ3) is 8.83. The molecule has 0 spiro atoms. The highest BCUT2D eigenvalue weighted by atomic mass is 14.3. The second kappa shape index (κ2) is 18.3. The van der Waals surface area contributed by atoms with E-state index in [4.69, 9.17) is 0 Å². The molecule has 0 bridgehead atoms. The van der Waals surface area contributed by atoms with Gasteiger partial charge in [-0.25, -0.2) is 0 Å². The first-order chi connectivity index (χ1) is 20.0. The quantitative estimate of drug-likeness (QED) is 0.275. The smallest absolute Gasteiger partial charge is 0.0345 e. The van der Waals surface area contributed by atoms with E-state index < -0.39 is 0 Å². The number of hydrogen-bond acceptors (Lipinski definition) is 0.